The van der Waals surface area contributed by atoms with E-state index in [9.17, 15) is 0 Å². The molecule has 2 aromatic carbocycles. The smallest absolute Gasteiger partial charge is 0.0632 e. The molecule has 0 aliphatic carbocycles. The molecule has 0 fully saturated rings. The number of hydrogen-bond acceptors (Lipinski definition) is 1. The summed E-state index contributed by atoms with van der Waals surface area (Å²) >= 11 is 7.38. The third-order valence-electron chi connectivity index (χ3n) is 3.24. The topological polar surface area (TPSA) is 9.23 Å². The summed E-state index contributed by atoms with van der Waals surface area (Å²) in [4.78, 5) is 0.293. The van der Waals surface area contributed by atoms with Gasteiger partial charge in [-0.1, -0.05) is 56.1 Å². The zero-order valence-electron chi connectivity index (χ0n) is 9.25. The molecule has 0 radical (unpaired) electrons. The Labute approximate surface area is 117 Å². The molecular formula is C14H12Br2O. The Bertz CT molecular complexity index is 565. The zero-order chi connectivity index (χ0) is 11.8. The van der Waals surface area contributed by atoms with E-state index in [4.69, 9.17) is 4.74 Å². The van der Waals surface area contributed by atoms with Crippen LogP contribution in [0.3, 0.4) is 0 Å². The third-order valence-corrected chi connectivity index (χ3v) is 4.65. The van der Waals surface area contributed by atoms with E-state index in [2.05, 4.69) is 62.2 Å². The van der Waals surface area contributed by atoms with Crippen LogP contribution in [0.2, 0.25) is 0 Å². The van der Waals surface area contributed by atoms with Gasteiger partial charge in [-0.15, -0.1) is 0 Å². The lowest BCUT2D eigenvalue weighted by atomic mass is 9.96. The Morgan fingerprint density at radius 1 is 1.18 bits per heavy atom. The predicted octanol–water partition coefficient (Wildman–Crippen LogP) is 4.61. The van der Waals surface area contributed by atoms with Crippen LogP contribution >= 0.6 is 31.9 Å². The van der Waals surface area contributed by atoms with Gasteiger partial charge in [0, 0.05) is 4.47 Å². The largest absolute Gasteiger partial charge is 0.380 e. The first-order valence-electron chi connectivity index (χ1n) is 5.69. The van der Waals surface area contributed by atoms with Crippen molar-refractivity contribution in [3.63, 3.8) is 0 Å². The molecule has 0 saturated carbocycles. The number of fused-ring (bicyclic) bond motifs is 3. The normalized spacial score (nSPS) is 20.0. The Kier molecular flexibility index (Phi) is 3.24. The van der Waals surface area contributed by atoms with E-state index in [0.29, 0.717) is 4.83 Å². The van der Waals surface area contributed by atoms with Crippen LogP contribution in [0.25, 0.3) is 10.8 Å². The van der Waals surface area contributed by atoms with Crippen molar-refractivity contribution in [1.29, 1.82) is 0 Å². The van der Waals surface area contributed by atoms with Gasteiger partial charge in [0.15, 0.2) is 0 Å². The Hall–Kier alpha value is -0.380. The summed E-state index contributed by atoms with van der Waals surface area (Å²) in [5, 5.41) is 2.62. The average Bonchev–Trinajstić information content (AvgIpc) is 2.53. The van der Waals surface area contributed by atoms with Gasteiger partial charge in [-0.2, -0.15) is 0 Å². The van der Waals surface area contributed by atoms with E-state index in [-0.39, 0.29) is 0 Å². The summed E-state index contributed by atoms with van der Waals surface area (Å²) in [7, 11) is 0. The molecule has 0 N–H and O–H groups in total. The lowest BCUT2D eigenvalue weighted by molar-refractivity contribution is 0.146. The Morgan fingerprint density at radius 2 is 1.94 bits per heavy atom. The highest BCUT2D eigenvalue weighted by Gasteiger charge is 2.19. The molecule has 2 aromatic rings. The van der Waals surface area contributed by atoms with Gasteiger partial charge >= 0.3 is 0 Å². The Morgan fingerprint density at radius 3 is 2.76 bits per heavy atom. The summed E-state index contributed by atoms with van der Waals surface area (Å²) in [6.45, 7) is 1.55. The molecule has 0 aromatic heterocycles. The maximum absolute atomic E-state index is 5.62. The predicted molar refractivity (Wildman–Crippen MR) is 77.8 cm³/mol. The maximum Gasteiger partial charge on any atom is 0.0632 e. The van der Waals surface area contributed by atoms with Gasteiger partial charge in [-0.05, 0) is 34.4 Å². The second-order valence-corrected chi connectivity index (χ2v) is 6.22. The number of halogens is 2. The number of ether oxygens (including phenoxy) is 1. The highest BCUT2D eigenvalue weighted by Crippen LogP contribution is 2.37. The molecule has 0 amide bonds. The van der Waals surface area contributed by atoms with E-state index in [0.717, 1.165) is 19.6 Å². The fourth-order valence-corrected chi connectivity index (χ4v) is 3.61. The monoisotopic (exact) mass is 354 g/mol. The number of alkyl halides is 1. The van der Waals surface area contributed by atoms with Crippen molar-refractivity contribution < 1.29 is 4.74 Å². The fourth-order valence-electron chi connectivity index (χ4n) is 2.42. The van der Waals surface area contributed by atoms with E-state index in [1.54, 1.807) is 0 Å². The fraction of sp³-hybridized carbons (Fsp3) is 0.286. The first-order chi connectivity index (χ1) is 8.27. The molecule has 1 aliphatic heterocycles. The van der Waals surface area contributed by atoms with Gasteiger partial charge in [-0.3, -0.25) is 0 Å². The van der Waals surface area contributed by atoms with Crippen LogP contribution in [0.4, 0.5) is 0 Å². The molecule has 1 heterocycles. The molecule has 0 spiro atoms. The lowest BCUT2D eigenvalue weighted by Crippen LogP contribution is -1.98. The van der Waals surface area contributed by atoms with Crippen LogP contribution in [0.15, 0.2) is 34.8 Å². The maximum atomic E-state index is 5.62. The van der Waals surface area contributed by atoms with Crippen LogP contribution in [0.5, 0.6) is 0 Å². The van der Waals surface area contributed by atoms with Gasteiger partial charge in [0.25, 0.3) is 0 Å². The van der Waals surface area contributed by atoms with Crippen LogP contribution in [0.1, 0.15) is 16.0 Å². The molecule has 0 bridgehead atoms. The molecule has 88 valence electrons. The van der Waals surface area contributed by atoms with E-state index in [1.165, 1.54) is 26.4 Å². The van der Waals surface area contributed by atoms with Crippen molar-refractivity contribution in [2.75, 3.05) is 13.2 Å². The molecule has 1 nitrogen and oxygen atoms in total. The van der Waals surface area contributed by atoms with Gasteiger partial charge in [-0.25, -0.2) is 0 Å². The Balaban J connectivity index is 2.34. The van der Waals surface area contributed by atoms with Gasteiger partial charge in [0.1, 0.15) is 0 Å². The molecule has 0 saturated heterocycles. The molecule has 17 heavy (non-hydrogen) atoms. The highest BCUT2D eigenvalue weighted by atomic mass is 79.9. The van der Waals surface area contributed by atoms with Gasteiger partial charge < -0.3 is 4.74 Å². The minimum Gasteiger partial charge on any atom is -0.380 e. The zero-order valence-corrected chi connectivity index (χ0v) is 12.4. The van der Waals surface area contributed by atoms with E-state index >= 15 is 0 Å². The molecule has 3 heteroatoms. The SMILES string of the molecule is Brc1cc2c(c3ccccc13)CCOCC2Br. The first kappa shape index (κ1) is 11.7. The quantitative estimate of drug-likeness (QED) is 0.627. The summed E-state index contributed by atoms with van der Waals surface area (Å²) in [6.07, 6.45) is 0.991. The minimum atomic E-state index is 0.293. The second-order valence-electron chi connectivity index (χ2n) is 4.26. The average molecular weight is 356 g/mol. The summed E-state index contributed by atoms with van der Waals surface area (Å²) in [5.41, 5.74) is 2.77. The van der Waals surface area contributed by atoms with Crippen molar-refractivity contribution in [3.05, 3.63) is 45.9 Å². The minimum absolute atomic E-state index is 0.293. The molecule has 3 rings (SSSR count). The van der Waals surface area contributed by atoms with Crippen LogP contribution < -0.4 is 0 Å². The number of rotatable bonds is 0. The van der Waals surface area contributed by atoms with E-state index in [1.807, 2.05) is 0 Å². The standard InChI is InChI=1S/C14H12Br2O/c15-13-7-12-10(5-6-17-8-14(12)16)9-3-1-2-4-11(9)13/h1-4,7,14H,5-6,8H2. The van der Waals surface area contributed by atoms with Crippen LogP contribution in [0, 0.1) is 0 Å². The summed E-state index contributed by atoms with van der Waals surface area (Å²) in [6, 6.07) is 10.8. The second kappa shape index (κ2) is 4.71. The molecular weight excluding hydrogens is 344 g/mol. The molecule has 1 atom stereocenters. The third kappa shape index (κ3) is 2.05. The van der Waals surface area contributed by atoms with Crippen molar-refractivity contribution >= 4 is 42.6 Å². The summed E-state index contributed by atoms with van der Waals surface area (Å²) < 4.78 is 6.78. The molecule has 1 aliphatic rings. The number of hydrogen-bond donors (Lipinski definition) is 0. The van der Waals surface area contributed by atoms with Gasteiger partial charge in [0.2, 0.25) is 0 Å². The van der Waals surface area contributed by atoms with Crippen LogP contribution in [-0.2, 0) is 11.2 Å². The van der Waals surface area contributed by atoms with Crippen molar-refractivity contribution in [3.8, 4) is 0 Å². The van der Waals surface area contributed by atoms with Crippen molar-refractivity contribution in [1.82, 2.24) is 0 Å². The van der Waals surface area contributed by atoms with Crippen molar-refractivity contribution in [2.24, 2.45) is 0 Å². The van der Waals surface area contributed by atoms with Crippen molar-refractivity contribution in [2.45, 2.75) is 11.2 Å². The van der Waals surface area contributed by atoms with Gasteiger partial charge in [0.05, 0.1) is 18.0 Å². The van der Waals surface area contributed by atoms with Crippen LogP contribution in [-0.4, -0.2) is 13.2 Å². The number of benzene rings is 2. The lowest BCUT2D eigenvalue weighted by Gasteiger charge is -2.14. The first-order valence-corrected chi connectivity index (χ1v) is 7.40. The highest BCUT2D eigenvalue weighted by molar-refractivity contribution is 9.10. The summed E-state index contributed by atoms with van der Waals surface area (Å²) in [5.74, 6) is 0. The van der Waals surface area contributed by atoms with E-state index < -0.39 is 0 Å². The molecule has 1 unspecified atom stereocenters.